The summed E-state index contributed by atoms with van der Waals surface area (Å²) in [5.74, 6) is -3.12. The second kappa shape index (κ2) is 4.35. The normalized spacial score (nSPS) is 14.9. The summed E-state index contributed by atoms with van der Waals surface area (Å²) in [5.41, 5.74) is 0.761. The van der Waals surface area contributed by atoms with Gasteiger partial charge in [0, 0.05) is 0 Å². The molecule has 15 heavy (non-hydrogen) atoms. The minimum absolute atomic E-state index is 0.0503. The average Bonchev–Trinajstić information content (AvgIpc) is 2.22. The first kappa shape index (κ1) is 10.7. The SMILES string of the molecule is Fc1c(SC(F)F)ccc2c1OCCC2. The van der Waals surface area contributed by atoms with Gasteiger partial charge < -0.3 is 4.74 Å². The first-order valence-electron chi connectivity index (χ1n) is 4.57. The van der Waals surface area contributed by atoms with Crippen molar-refractivity contribution in [3.8, 4) is 5.75 Å². The summed E-state index contributed by atoms with van der Waals surface area (Å²) in [6, 6.07) is 3.04. The van der Waals surface area contributed by atoms with E-state index in [9.17, 15) is 13.2 Å². The number of rotatable bonds is 2. The molecule has 0 amide bonds. The van der Waals surface area contributed by atoms with E-state index >= 15 is 0 Å². The van der Waals surface area contributed by atoms with Crippen molar-refractivity contribution in [2.45, 2.75) is 23.5 Å². The minimum atomic E-state index is -2.61. The van der Waals surface area contributed by atoms with Gasteiger partial charge in [-0.25, -0.2) is 4.39 Å². The van der Waals surface area contributed by atoms with Gasteiger partial charge in [-0.3, -0.25) is 0 Å². The number of halogens is 3. The lowest BCUT2D eigenvalue weighted by molar-refractivity contribution is 0.251. The summed E-state index contributed by atoms with van der Waals surface area (Å²) in [6.07, 6.45) is 1.58. The quantitative estimate of drug-likeness (QED) is 0.725. The number of hydrogen-bond donors (Lipinski definition) is 0. The molecule has 0 aromatic heterocycles. The van der Waals surface area contributed by atoms with Crippen molar-refractivity contribution in [1.29, 1.82) is 0 Å². The average molecular weight is 234 g/mol. The molecule has 0 bridgehead atoms. The second-order valence-corrected chi connectivity index (χ2v) is 4.23. The van der Waals surface area contributed by atoms with Crippen LogP contribution in [0.3, 0.4) is 0 Å². The number of thioether (sulfide) groups is 1. The Bertz CT molecular complexity index is 368. The highest BCUT2D eigenvalue weighted by Gasteiger charge is 2.20. The Morgan fingerprint density at radius 1 is 1.33 bits per heavy atom. The predicted molar refractivity (Wildman–Crippen MR) is 52.1 cm³/mol. The van der Waals surface area contributed by atoms with Crippen molar-refractivity contribution in [2.75, 3.05) is 6.61 Å². The van der Waals surface area contributed by atoms with E-state index in [2.05, 4.69) is 0 Å². The van der Waals surface area contributed by atoms with Crippen molar-refractivity contribution < 1.29 is 17.9 Å². The van der Waals surface area contributed by atoms with E-state index in [-0.39, 0.29) is 22.4 Å². The maximum absolute atomic E-state index is 13.6. The molecule has 1 nitrogen and oxygen atoms in total. The Kier molecular flexibility index (Phi) is 3.09. The first-order chi connectivity index (χ1) is 7.18. The number of benzene rings is 1. The smallest absolute Gasteiger partial charge is 0.289 e. The molecular weight excluding hydrogens is 225 g/mol. The van der Waals surface area contributed by atoms with E-state index in [0.29, 0.717) is 6.61 Å². The van der Waals surface area contributed by atoms with Gasteiger partial charge in [-0.15, -0.1) is 0 Å². The van der Waals surface area contributed by atoms with E-state index in [1.165, 1.54) is 6.07 Å². The summed E-state index contributed by atoms with van der Waals surface area (Å²) in [5, 5.41) is 0. The zero-order chi connectivity index (χ0) is 10.8. The summed E-state index contributed by atoms with van der Waals surface area (Å²) in [7, 11) is 0. The van der Waals surface area contributed by atoms with Crippen LogP contribution >= 0.6 is 11.8 Å². The molecule has 0 fully saturated rings. The van der Waals surface area contributed by atoms with Gasteiger partial charge >= 0.3 is 0 Å². The third-order valence-electron chi connectivity index (χ3n) is 2.20. The summed E-state index contributed by atoms with van der Waals surface area (Å²) >= 11 is 0.210. The van der Waals surface area contributed by atoms with Gasteiger partial charge in [0.2, 0.25) is 0 Å². The van der Waals surface area contributed by atoms with Gasteiger partial charge in [0.25, 0.3) is 5.76 Å². The Balaban J connectivity index is 2.34. The molecule has 1 aromatic rings. The largest absolute Gasteiger partial charge is 0.490 e. The molecular formula is C10H9F3OS. The van der Waals surface area contributed by atoms with E-state index in [1.54, 1.807) is 6.07 Å². The number of ether oxygens (including phenoxy) is 1. The summed E-state index contributed by atoms with van der Waals surface area (Å²) in [4.78, 5) is -0.0503. The van der Waals surface area contributed by atoms with Crippen molar-refractivity contribution in [3.63, 3.8) is 0 Å². The van der Waals surface area contributed by atoms with Gasteiger partial charge in [-0.1, -0.05) is 17.8 Å². The van der Waals surface area contributed by atoms with Crippen LogP contribution in [0.15, 0.2) is 17.0 Å². The molecule has 0 unspecified atom stereocenters. The Hall–Kier alpha value is -0.840. The standard InChI is InChI=1S/C10H9F3OS/c11-8-7(15-10(12)13)4-3-6-2-1-5-14-9(6)8/h3-4,10H,1-2,5H2. The molecule has 0 aliphatic carbocycles. The third-order valence-corrected chi connectivity index (χ3v) is 2.94. The monoisotopic (exact) mass is 234 g/mol. The molecule has 0 atom stereocenters. The fourth-order valence-electron chi connectivity index (χ4n) is 1.55. The third kappa shape index (κ3) is 2.22. The summed E-state index contributed by atoms with van der Waals surface area (Å²) in [6.45, 7) is 0.451. The van der Waals surface area contributed by atoms with E-state index in [0.717, 1.165) is 18.4 Å². The molecule has 0 N–H and O–H groups in total. The molecule has 2 rings (SSSR count). The molecule has 1 aromatic carbocycles. The predicted octanol–water partition coefficient (Wildman–Crippen LogP) is 3.47. The van der Waals surface area contributed by atoms with Crippen LogP contribution in [0.2, 0.25) is 0 Å². The summed E-state index contributed by atoms with van der Waals surface area (Å²) < 4.78 is 43.0. The van der Waals surface area contributed by atoms with Gasteiger partial charge in [-0.05, 0) is 24.5 Å². The second-order valence-electron chi connectivity index (χ2n) is 3.20. The van der Waals surface area contributed by atoms with Crippen LogP contribution in [-0.2, 0) is 6.42 Å². The molecule has 5 heteroatoms. The highest BCUT2D eigenvalue weighted by Crippen LogP contribution is 2.36. The lowest BCUT2D eigenvalue weighted by Gasteiger charge is -2.18. The van der Waals surface area contributed by atoms with Crippen molar-refractivity contribution >= 4 is 11.8 Å². The van der Waals surface area contributed by atoms with Crippen molar-refractivity contribution in [2.24, 2.45) is 0 Å². The topological polar surface area (TPSA) is 9.23 Å². The zero-order valence-corrected chi connectivity index (χ0v) is 8.62. The van der Waals surface area contributed by atoms with Gasteiger partial charge in [0.15, 0.2) is 11.6 Å². The maximum Gasteiger partial charge on any atom is 0.289 e. The molecule has 0 spiro atoms. The fourth-order valence-corrected chi connectivity index (χ4v) is 2.09. The molecule has 0 saturated heterocycles. The van der Waals surface area contributed by atoms with Crippen LogP contribution < -0.4 is 4.74 Å². The molecule has 1 aliphatic heterocycles. The van der Waals surface area contributed by atoms with E-state index in [1.807, 2.05) is 0 Å². The molecule has 0 saturated carbocycles. The highest BCUT2D eigenvalue weighted by molar-refractivity contribution is 7.99. The van der Waals surface area contributed by atoms with Crippen molar-refractivity contribution in [3.05, 3.63) is 23.5 Å². The van der Waals surface area contributed by atoms with E-state index in [4.69, 9.17) is 4.74 Å². The van der Waals surface area contributed by atoms with Crippen LogP contribution in [0.4, 0.5) is 13.2 Å². The minimum Gasteiger partial charge on any atom is -0.490 e. The van der Waals surface area contributed by atoms with Crippen LogP contribution in [0.5, 0.6) is 5.75 Å². The highest BCUT2D eigenvalue weighted by atomic mass is 32.2. The first-order valence-corrected chi connectivity index (χ1v) is 5.45. The van der Waals surface area contributed by atoms with Crippen molar-refractivity contribution in [1.82, 2.24) is 0 Å². The number of fused-ring (bicyclic) bond motifs is 1. The maximum atomic E-state index is 13.6. The number of alkyl halides is 2. The lowest BCUT2D eigenvalue weighted by Crippen LogP contribution is -2.10. The lowest BCUT2D eigenvalue weighted by atomic mass is 10.1. The Morgan fingerprint density at radius 2 is 2.13 bits per heavy atom. The van der Waals surface area contributed by atoms with Crippen LogP contribution in [0.25, 0.3) is 0 Å². The van der Waals surface area contributed by atoms with Crippen LogP contribution in [0, 0.1) is 5.82 Å². The van der Waals surface area contributed by atoms with Gasteiger partial charge in [-0.2, -0.15) is 8.78 Å². The van der Waals surface area contributed by atoms with Gasteiger partial charge in [0.1, 0.15) is 0 Å². The molecule has 82 valence electrons. The zero-order valence-electron chi connectivity index (χ0n) is 7.80. The molecule has 0 radical (unpaired) electrons. The Morgan fingerprint density at radius 3 is 2.87 bits per heavy atom. The number of hydrogen-bond acceptors (Lipinski definition) is 2. The number of aryl methyl sites for hydroxylation is 1. The van der Waals surface area contributed by atoms with Gasteiger partial charge in [0.05, 0.1) is 11.5 Å². The van der Waals surface area contributed by atoms with Crippen LogP contribution in [-0.4, -0.2) is 12.4 Å². The fraction of sp³-hybridized carbons (Fsp3) is 0.400. The van der Waals surface area contributed by atoms with Crippen LogP contribution in [0.1, 0.15) is 12.0 Å². The molecule has 1 heterocycles. The molecule has 1 aliphatic rings. The van der Waals surface area contributed by atoms with E-state index < -0.39 is 11.6 Å². The Labute approximate surface area is 89.6 Å².